The van der Waals surface area contributed by atoms with E-state index in [9.17, 15) is 14.7 Å². The lowest BCUT2D eigenvalue weighted by atomic mass is 9.99. The number of phenolic OH excluding ortho intramolecular Hbond substituents is 1. The fourth-order valence-corrected chi connectivity index (χ4v) is 4.09. The quantitative estimate of drug-likeness (QED) is 0.363. The molecule has 7 nitrogen and oxygen atoms in total. The first-order chi connectivity index (χ1) is 15.8. The van der Waals surface area contributed by atoms with Gasteiger partial charge in [-0.1, -0.05) is 59.7 Å². The highest BCUT2D eigenvalue weighted by molar-refractivity contribution is 6.54. The van der Waals surface area contributed by atoms with Crippen LogP contribution < -0.4 is 10.3 Å². The van der Waals surface area contributed by atoms with Gasteiger partial charge in [0.1, 0.15) is 5.75 Å². The smallest absolute Gasteiger partial charge is 0.303 e. The molecule has 1 heterocycles. The lowest BCUT2D eigenvalue weighted by Crippen LogP contribution is -2.31. The summed E-state index contributed by atoms with van der Waals surface area (Å²) in [6.45, 7) is 4.30. The molecule has 0 aromatic heterocycles. The fourth-order valence-electron chi connectivity index (χ4n) is 4.09. The van der Waals surface area contributed by atoms with Crippen molar-refractivity contribution < 1.29 is 19.8 Å². The predicted molar refractivity (Wildman–Crippen MR) is 129 cm³/mol. The molecule has 3 aromatic rings. The molecule has 0 saturated carbocycles. The predicted octanol–water partition coefficient (Wildman–Crippen LogP) is 4.70. The summed E-state index contributed by atoms with van der Waals surface area (Å²) in [5.74, 6) is -1.16. The maximum absolute atomic E-state index is 13.1. The van der Waals surface area contributed by atoms with E-state index in [-0.39, 0.29) is 30.3 Å². The fraction of sp³-hybridized carbons (Fsp3) is 0.192. The van der Waals surface area contributed by atoms with E-state index in [0.29, 0.717) is 28.9 Å². The molecule has 1 aliphatic heterocycles. The Balaban J connectivity index is 1.63. The van der Waals surface area contributed by atoms with Crippen LogP contribution in [0.1, 0.15) is 29.5 Å². The zero-order valence-corrected chi connectivity index (χ0v) is 18.5. The van der Waals surface area contributed by atoms with Crippen LogP contribution >= 0.6 is 0 Å². The summed E-state index contributed by atoms with van der Waals surface area (Å²) in [7, 11) is 0. The van der Waals surface area contributed by atoms with E-state index in [1.807, 2.05) is 56.3 Å². The summed E-state index contributed by atoms with van der Waals surface area (Å²) in [5.41, 5.74) is 8.57. The van der Waals surface area contributed by atoms with Crippen LogP contribution in [0.25, 0.3) is 11.1 Å². The standard InChI is InChI=1S/C26H25N3O4/c1-16-13-17(2)15-18(14-16)19-8-5-9-21(25(19)32)27-28-24-20-7-3-4-10-22(20)29(26(24)33)12-6-11-23(30)31/h3-5,7-10,13-15,27,32H,6,11-12H2,1-2H3,(H,30,31)/b28-24-. The number of nitrogens with one attached hydrogen (secondary N) is 1. The Morgan fingerprint density at radius 2 is 1.70 bits per heavy atom. The second-order valence-electron chi connectivity index (χ2n) is 8.12. The van der Waals surface area contributed by atoms with Crippen LogP contribution in [0.4, 0.5) is 11.4 Å². The van der Waals surface area contributed by atoms with E-state index in [1.165, 1.54) is 0 Å². The molecule has 4 rings (SSSR count). The molecule has 0 atom stereocenters. The van der Waals surface area contributed by atoms with E-state index < -0.39 is 5.97 Å². The number of anilines is 2. The number of aromatic hydroxyl groups is 1. The molecule has 0 unspecified atom stereocenters. The van der Waals surface area contributed by atoms with Gasteiger partial charge in [0.05, 0.1) is 11.4 Å². The van der Waals surface area contributed by atoms with Crippen molar-refractivity contribution in [3.05, 3.63) is 77.4 Å². The molecule has 0 bridgehead atoms. The molecule has 0 saturated heterocycles. The second kappa shape index (κ2) is 9.16. The minimum Gasteiger partial charge on any atom is -0.505 e. The molecule has 33 heavy (non-hydrogen) atoms. The normalized spacial score (nSPS) is 13.9. The van der Waals surface area contributed by atoms with Gasteiger partial charge >= 0.3 is 5.97 Å². The number of carbonyl (C=O) groups is 2. The molecule has 1 amide bonds. The Morgan fingerprint density at radius 1 is 1.00 bits per heavy atom. The number of carbonyl (C=O) groups excluding carboxylic acids is 1. The molecule has 3 N–H and O–H groups in total. The maximum atomic E-state index is 13.1. The van der Waals surface area contributed by atoms with E-state index >= 15 is 0 Å². The first kappa shape index (κ1) is 22.1. The molecule has 7 heteroatoms. The van der Waals surface area contributed by atoms with Crippen LogP contribution in [-0.4, -0.2) is 34.3 Å². The van der Waals surface area contributed by atoms with E-state index in [1.54, 1.807) is 17.0 Å². The Kier molecular flexibility index (Phi) is 6.13. The third kappa shape index (κ3) is 4.57. The minimum atomic E-state index is -0.898. The maximum Gasteiger partial charge on any atom is 0.303 e. The van der Waals surface area contributed by atoms with Gasteiger partial charge in [0.2, 0.25) is 0 Å². The van der Waals surface area contributed by atoms with E-state index in [0.717, 1.165) is 16.7 Å². The number of benzene rings is 3. The molecule has 1 aliphatic rings. The van der Waals surface area contributed by atoms with Crippen molar-refractivity contribution in [1.29, 1.82) is 0 Å². The molecule has 0 spiro atoms. The van der Waals surface area contributed by atoms with Crippen LogP contribution in [0.3, 0.4) is 0 Å². The SMILES string of the molecule is Cc1cc(C)cc(-c2cccc(N/N=C3\C(=O)N(CCCC(=O)O)c4ccccc43)c2O)c1. The zero-order valence-electron chi connectivity index (χ0n) is 18.5. The van der Waals surface area contributed by atoms with E-state index in [2.05, 4.69) is 16.6 Å². The second-order valence-corrected chi connectivity index (χ2v) is 8.12. The number of fused-ring (bicyclic) bond motifs is 1. The highest BCUT2D eigenvalue weighted by atomic mass is 16.4. The number of hydrazone groups is 1. The van der Waals surface area contributed by atoms with Crippen molar-refractivity contribution in [1.82, 2.24) is 0 Å². The molecule has 0 aliphatic carbocycles. The zero-order chi connectivity index (χ0) is 23.5. The Bertz CT molecular complexity index is 1250. The van der Waals surface area contributed by atoms with E-state index in [4.69, 9.17) is 5.11 Å². The summed E-state index contributed by atoms with van der Waals surface area (Å²) in [5, 5.41) is 24.1. The molecular formula is C26H25N3O4. The van der Waals surface area contributed by atoms with Gasteiger partial charge in [-0.25, -0.2) is 0 Å². The number of rotatable bonds is 7. The lowest BCUT2D eigenvalue weighted by Gasteiger charge is -2.15. The number of amides is 1. The van der Waals surface area contributed by atoms with Gasteiger partial charge in [0.15, 0.2) is 5.71 Å². The summed E-state index contributed by atoms with van der Waals surface area (Å²) in [6.07, 6.45) is 0.324. The van der Waals surface area contributed by atoms with Gasteiger partial charge in [-0.2, -0.15) is 5.10 Å². The van der Waals surface area contributed by atoms with Gasteiger partial charge in [-0.3, -0.25) is 15.0 Å². The number of para-hydroxylation sites is 2. The van der Waals surface area contributed by atoms with Crippen LogP contribution in [0.15, 0.2) is 65.8 Å². The number of aryl methyl sites for hydroxylation is 2. The molecule has 0 radical (unpaired) electrons. The number of phenols is 1. The largest absolute Gasteiger partial charge is 0.505 e. The third-order valence-electron chi connectivity index (χ3n) is 5.53. The number of nitrogens with zero attached hydrogens (tertiary/aromatic N) is 2. The van der Waals surface area contributed by atoms with Gasteiger partial charge in [-0.05, 0) is 38.0 Å². The average Bonchev–Trinajstić information content (AvgIpc) is 3.03. The molecular weight excluding hydrogens is 418 g/mol. The Labute approximate surface area is 192 Å². The molecule has 168 valence electrons. The highest BCUT2D eigenvalue weighted by Crippen LogP contribution is 2.37. The van der Waals surface area contributed by atoms with Crippen LogP contribution in [0, 0.1) is 13.8 Å². The summed E-state index contributed by atoms with van der Waals surface area (Å²) in [6, 6.07) is 18.7. The van der Waals surface area contributed by atoms with Gasteiger partial charge in [0.25, 0.3) is 5.91 Å². The summed E-state index contributed by atoms with van der Waals surface area (Å²) in [4.78, 5) is 25.5. The number of hydrogen-bond donors (Lipinski definition) is 3. The topological polar surface area (TPSA) is 102 Å². The lowest BCUT2D eigenvalue weighted by molar-refractivity contribution is -0.137. The van der Waals surface area contributed by atoms with Gasteiger partial charge in [0, 0.05) is 24.1 Å². The first-order valence-electron chi connectivity index (χ1n) is 10.7. The number of hydrogen-bond acceptors (Lipinski definition) is 5. The van der Waals surface area contributed by atoms with Crippen molar-refractivity contribution in [2.75, 3.05) is 16.9 Å². The van der Waals surface area contributed by atoms with Crippen molar-refractivity contribution >= 4 is 29.0 Å². The average molecular weight is 444 g/mol. The van der Waals surface area contributed by atoms with Gasteiger partial charge < -0.3 is 15.1 Å². The van der Waals surface area contributed by atoms with Gasteiger partial charge in [-0.15, -0.1) is 0 Å². The van der Waals surface area contributed by atoms with Crippen LogP contribution in [0.2, 0.25) is 0 Å². The van der Waals surface area contributed by atoms with Crippen LogP contribution in [-0.2, 0) is 9.59 Å². The molecule has 3 aromatic carbocycles. The summed E-state index contributed by atoms with van der Waals surface area (Å²) < 4.78 is 0. The Morgan fingerprint density at radius 3 is 2.42 bits per heavy atom. The van der Waals surface area contributed by atoms with Crippen LogP contribution in [0.5, 0.6) is 5.75 Å². The third-order valence-corrected chi connectivity index (χ3v) is 5.53. The Hall–Kier alpha value is -4.13. The number of carboxylic acids is 1. The minimum absolute atomic E-state index is 0.0181. The number of aliphatic carboxylic acids is 1. The van der Waals surface area contributed by atoms with Crippen molar-refractivity contribution in [2.45, 2.75) is 26.7 Å². The van der Waals surface area contributed by atoms with Crippen molar-refractivity contribution in [3.8, 4) is 16.9 Å². The summed E-state index contributed by atoms with van der Waals surface area (Å²) >= 11 is 0. The highest BCUT2D eigenvalue weighted by Gasteiger charge is 2.33. The number of carboxylic acid groups (broad SMARTS) is 1. The van der Waals surface area contributed by atoms with Crippen molar-refractivity contribution in [3.63, 3.8) is 0 Å². The van der Waals surface area contributed by atoms with Crippen molar-refractivity contribution in [2.24, 2.45) is 5.10 Å². The monoisotopic (exact) mass is 443 g/mol. The first-order valence-corrected chi connectivity index (χ1v) is 10.7. The molecule has 0 fully saturated rings.